The number of halogens is 1. The van der Waals surface area contributed by atoms with E-state index >= 15 is 0 Å². The Kier molecular flexibility index (Phi) is 8.15. The number of hydrogen-bond acceptors (Lipinski definition) is 5. The van der Waals surface area contributed by atoms with Gasteiger partial charge in [-0.2, -0.15) is 5.10 Å². The third-order valence-corrected chi connectivity index (χ3v) is 5.93. The third-order valence-electron chi connectivity index (χ3n) is 5.44. The molecule has 1 aliphatic rings. The summed E-state index contributed by atoms with van der Waals surface area (Å²) in [6, 6.07) is 15.7. The van der Waals surface area contributed by atoms with E-state index in [2.05, 4.69) is 26.3 Å². The number of hydrogen-bond donors (Lipinski definition) is 1. The van der Waals surface area contributed by atoms with Crippen molar-refractivity contribution in [2.45, 2.75) is 39.0 Å². The maximum atomic E-state index is 13.3. The lowest BCUT2D eigenvalue weighted by atomic mass is 10.2. The molecule has 0 radical (unpaired) electrons. The highest BCUT2D eigenvalue weighted by atomic mass is 79.9. The van der Waals surface area contributed by atoms with E-state index in [1.54, 1.807) is 10.9 Å². The van der Waals surface area contributed by atoms with Gasteiger partial charge in [-0.3, -0.25) is 4.79 Å². The van der Waals surface area contributed by atoms with Gasteiger partial charge in [0.1, 0.15) is 6.61 Å². The maximum Gasteiger partial charge on any atom is 0.277 e. The van der Waals surface area contributed by atoms with E-state index in [9.17, 15) is 4.79 Å². The van der Waals surface area contributed by atoms with Gasteiger partial charge in [-0.05, 0) is 55.5 Å². The van der Waals surface area contributed by atoms with Gasteiger partial charge >= 0.3 is 0 Å². The summed E-state index contributed by atoms with van der Waals surface area (Å²) >= 11 is 3.46. The van der Waals surface area contributed by atoms with E-state index in [4.69, 9.17) is 14.2 Å². The topological polar surface area (TPSA) is 74.6 Å². The monoisotopic (exact) mass is 513 g/mol. The molecule has 0 aliphatic carbocycles. The van der Waals surface area contributed by atoms with Crippen molar-refractivity contribution in [2.75, 3.05) is 25.1 Å². The first kappa shape index (κ1) is 23.5. The summed E-state index contributed by atoms with van der Waals surface area (Å²) in [7, 11) is 0. The summed E-state index contributed by atoms with van der Waals surface area (Å²) in [5, 5.41) is 7.44. The third kappa shape index (κ3) is 6.22. The van der Waals surface area contributed by atoms with Gasteiger partial charge in [-0.1, -0.05) is 46.3 Å². The van der Waals surface area contributed by atoms with E-state index < -0.39 is 0 Å². The van der Waals surface area contributed by atoms with Crippen molar-refractivity contribution in [3.8, 4) is 5.75 Å². The number of ether oxygens (including phenoxy) is 3. The van der Waals surface area contributed by atoms with Crippen LogP contribution in [0, 0.1) is 6.92 Å². The first-order valence-corrected chi connectivity index (χ1v) is 11.9. The molecular weight excluding hydrogens is 486 g/mol. The van der Waals surface area contributed by atoms with Crippen LogP contribution in [0.2, 0.25) is 0 Å². The number of aryl methyl sites for hydroxylation is 1. The molecule has 0 bridgehead atoms. The van der Waals surface area contributed by atoms with Crippen LogP contribution in [0.5, 0.6) is 5.75 Å². The summed E-state index contributed by atoms with van der Waals surface area (Å²) < 4.78 is 20.1. The average Bonchev–Trinajstić information content (AvgIpc) is 3.26. The molecule has 8 heteroatoms. The molecule has 174 valence electrons. The zero-order chi connectivity index (χ0) is 23.0. The number of carbonyl (C=O) groups excluding carboxylic acids is 1. The number of nitrogens with zero attached hydrogens (tertiary/aromatic N) is 2. The standard InChI is InChI=1S/C25H28BrN3O4/c1-18-15-20(26)10-11-21(18)28-25(30)24-22(16-27-29(24)23-9-5-6-12-33-23)32-14-13-31-17-19-7-3-2-4-8-19/h2-4,7-8,10-11,15-16,23H,5-6,9,12-14,17H2,1H3,(H,28,30). The number of aromatic nitrogens is 2. The summed E-state index contributed by atoms with van der Waals surface area (Å²) in [6.45, 7) is 3.81. The lowest BCUT2D eigenvalue weighted by Crippen LogP contribution is -2.26. The number of carbonyl (C=O) groups is 1. The van der Waals surface area contributed by atoms with E-state index in [0.717, 1.165) is 40.5 Å². The second kappa shape index (κ2) is 11.4. The predicted molar refractivity (Wildman–Crippen MR) is 129 cm³/mol. The lowest BCUT2D eigenvalue weighted by molar-refractivity contribution is -0.0406. The van der Waals surface area contributed by atoms with Gasteiger partial charge in [-0.25, -0.2) is 4.68 Å². The first-order valence-electron chi connectivity index (χ1n) is 11.1. The van der Waals surface area contributed by atoms with E-state index in [1.165, 1.54) is 0 Å². The van der Waals surface area contributed by atoms with E-state index in [1.807, 2.05) is 55.5 Å². The highest BCUT2D eigenvalue weighted by Crippen LogP contribution is 2.29. The molecular formula is C25H28BrN3O4. The number of benzene rings is 2. The van der Waals surface area contributed by atoms with Gasteiger partial charge < -0.3 is 19.5 Å². The van der Waals surface area contributed by atoms with Gasteiger partial charge in [-0.15, -0.1) is 0 Å². The zero-order valence-corrected chi connectivity index (χ0v) is 20.2. The van der Waals surface area contributed by atoms with Crippen LogP contribution in [-0.4, -0.2) is 35.5 Å². The van der Waals surface area contributed by atoms with Crippen LogP contribution in [0.3, 0.4) is 0 Å². The summed E-state index contributed by atoms with van der Waals surface area (Å²) in [5.41, 5.74) is 3.14. The Balaban J connectivity index is 1.45. The number of rotatable bonds is 9. The smallest absolute Gasteiger partial charge is 0.277 e. The molecule has 0 spiro atoms. The van der Waals surface area contributed by atoms with Gasteiger partial charge in [0.2, 0.25) is 0 Å². The Labute approximate surface area is 202 Å². The highest BCUT2D eigenvalue weighted by molar-refractivity contribution is 9.10. The Morgan fingerprint density at radius 3 is 2.82 bits per heavy atom. The quantitative estimate of drug-likeness (QED) is 0.382. The SMILES string of the molecule is Cc1cc(Br)ccc1NC(=O)c1c(OCCOCc2ccccc2)cnn1C1CCCCO1. The molecule has 1 aromatic heterocycles. The molecule has 1 unspecified atom stereocenters. The van der Waals surface area contributed by atoms with Crippen LogP contribution in [-0.2, 0) is 16.1 Å². The van der Waals surface area contributed by atoms with Crippen LogP contribution < -0.4 is 10.1 Å². The minimum absolute atomic E-state index is 0.280. The Morgan fingerprint density at radius 1 is 1.21 bits per heavy atom. The Hall–Kier alpha value is -2.68. The number of anilines is 1. The molecule has 1 aliphatic heterocycles. The Morgan fingerprint density at radius 2 is 2.06 bits per heavy atom. The molecule has 1 saturated heterocycles. The highest BCUT2D eigenvalue weighted by Gasteiger charge is 2.27. The van der Waals surface area contributed by atoms with Crippen molar-refractivity contribution >= 4 is 27.5 Å². The molecule has 1 amide bonds. The molecule has 1 fully saturated rings. The molecule has 0 saturated carbocycles. The number of amides is 1. The van der Waals surface area contributed by atoms with Crippen LogP contribution >= 0.6 is 15.9 Å². The molecule has 1 N–H and O–H groups in total. The minimum Gasteiger partial charge on any atom is -0.487 e. The fourth-order valence-corrected chi connectivity index (χ4v) is 4.20. The van der Waals surface area contributed by atoms with Crippen LogP contribution in [0.4, 0.5) is 5.69 Å². The summed E-state index contributed by atoms with van der Waals surface area (Å²) in [4.78, 5) is 13.3. The van der Waals surface area contributed by atoms with Gasteiger partial charge in [0.15, 0.2) is 17.7 Å². The molecule has 2 heterocycles. The van der Waals surface area contributed by atoms with Crippen molar-refractivity contribution in [3.05, 3.63) is 76.0 Å². The zero-order valence-electron chi connectivity index (χ0n) is 18.6. The molecule has 2 aromatic carbocycles. The number of nitrogens with one attached hydrogen (secondary N) is 1. The van der Waals surface area contributed by atoms with Crippen molar-refractivity contribution < 1.29 is 19.0 Å². The van der Waals surface area contributed by atoms with Crippen molar-refractivity contribution in [2.24, 2.45) is 0 Å². The lowest BCUT2D eigenvalue weighted by Gasteiger charge is -2.24. The summed E-state index contributed by atoms with van der Waals surface area (Å²) in [5.74, 6) is 0.132. The second-order valence-electron chi connectivity index (χ2n) is 7.92. The molecule has 1 atom stereocenters. The van der Waals surface area contributed by atoms with Crippen LogP contribution in [0.1, 0.15) is 47.1 Å². The minimum atomic E-state index is -0.285. The maximum absolute atomic E-state index is 13.3. The van der Waals surface area contributed by atoms with Gasteiger partial charge in [0, 0.05) is 16.8 Å². The largest absolute Gasteiger partial charge is 0.487 e. The molecule has 33 heavy (non-hydrogen) atoms. The Bertz CT molecular complexity index is 1060. The average molecular weight is 514 g/mol. The van der Waals surface area contributed by atoms with Crippen molar-refractivity contribution in [1.82, 2.24) is 9.78 Å². The van der Waals surface area contributed by atoms with E-state index in [-0.39, 0.29) is 12.1 Å². The molecule has 7 nitrogen and oxygen atoms in total. The van der Waals surface area contributed by atoms with Crippen LogP contribution in [0.25, 0.3) is 0 Å². The predicted octanol–water partition coefficient (Wildman–Crippen LogP) is 5.50. The van der Waals surface area contributed by atoms with Gasteiger partial charge in [0.05, 0.1) is 19.4 Å². The normalized spacial score (nSPS) is 15.9. The fraction of sp³-hybridized carbons (Fsp3) is 0.360. The van der Waals surface area contributed by atoms with E-state index in [0.29, 0.717) is 37.9 Å². The van der Waals surface area contributed by atoms with Crippen molar-refractivity contribution in [3.63, 3.8) is 0 Å². The van der Waals surface area contributed by atoms with Gasteiger partial charge in [0.25, 0.3) is 5.91 Å². The first-order chi connectivity index (χ1) is 16.1. The molecule has 4 rings (SSSR count). The molecule has 3 aromatic rings. The summed E-state index contributed by atoms with van der Waals surface area (Å²) in [6.07, 6.45) is 4.15. The van der Waals surface area contributed by atoms with Crippen molar-refractivity contribution in [1.29, 1.82) is 0 Å². The second-order valence-corrected chi connectivity index (χ2v) is 8.84. The van der Waals surface area contributed by atoms with Crippen LogP contribution in [0.15, 0.2) is 59.2 Å². The fourth-order valence-electron chi connectivity index (χ4n) is 3.73.